The number of para-hydroxylation sites is 2. The highest BCUT2D eigenvalue weighted by Crippen LogP contribution is 2.23. The smallest absolute Gasteiger partial charge is 0.264 e. The molecule has 27 heavy (non-hydrogen) atoms. The summed E-state index contributed by atoms with van der Waals surface area (Å²) < 4.78 is 27.5. The standard InChI is InChI=1S/C21H20N2O3S/c1-17-12-14-20(15-13-17)27(25,26)23(19-10-6-3-7-11-19)16-21(24)22-18-8-4-2-5-9-18/h2-15H,16H2,1H3,(H,22,24). The largest absolute Gasteiger partial charge is 0.325 e. The Hall–Kier alpha value is -3.12. The van der Waals surface area contributed by atoms with Gasteiger partial charge in [0.25, 0.3) is 10.0 Å². The number of nitrogens with zero attached hydrogens (tertiary/aromatic N) is 1. The van der Waals surface area contributed by atoms with E-state index in [-0.39, 0.29) is 11.4 Å². The van der Waals surface area contributed by atoms with Gasteiger partial charge in [-0.2, -0.15) is 0 Å². The van der Waals surface area contributed by atoms with E-state index >= 15 is 0 Å². The molecule has 1 amide bonds. The van der Waals surface area contributed by atoms with E-state index < -0.39 is 15.9 Å². The molecule has 0 atom stereocenters. The summed E-state index contributed by atoms with van der Waals surface area (Å²) in [4.78, 5) is 12.7. The van der Waals surface area contributed by atoms with E-state index in [0.717, 1.165) is 9.87 Å². The minimum Gasteiger partial charge on any atom is -0.325 e. The Balaban J connectivity index is 1.92. The van der Waals surface area contributed by atoms with Crippen LogP contribution in [0.4, 0.5) is 11.4 Å². The zero-order chi connectivity index (χ0) is 19.3. The van der Waals surface area contributed by atoms with E-state index in [1.807, 2.05) is 13.0 Å². The second-order valence-corrected chi connectivity index (χ2v) is 7.94. The fourth-order valence-electron chi connectivity index (χ4n) is 2.60. The Kier molecular flexibility index (Phi) is 5.57. The molecule has 5 nitrogen and oxygen atoms in total. The van der Waals surface area contributed by atoms with Gasteiger partial charge in [0.05, 0.1) is 10.6 Å². The summed E-state index contributed by atoms with van der Waals surface area (Å²) in [6.07, 6.45) is 0. The van der Waals surface area contributed by atoms with Gasteiger partial charge in [-0.1, -0.05) is 54.1 Å². The lowest BCUT2D eigenvalue weighted by Crippen LogP contribution is -2.38. The summed E-state index contributed by atoms with van der Waals surface area (Å²) in [6.45, 7) is 1.56. The van der Waals surface area contributed by atoms with Crippen LogP contribution in [-0.4, -0.2) is 20.9 Å². The first-order valence-corrected chi connectivity index (χ1v) is 9.90. The van der Waals surface area contributed by atoms with Gasteiger partial charge in [0.2, 0.25) is 5.91 Å². The average molecular weight is 380 g/mol. The Labute approximate surface area is 159 Å². The zero-order valence-electron chi connectivity index (χ0n) is 14.9. The summed E-state index contributed by atoms with van der Waals surface area (Å²) >= 11 is 0. The Bertz CT molecular complexity index is 1000. The van der Waals surface area contributed by atoms with Crippen molar-refractivity contribution in [2.24, 2.45) is 0 Å². The van der Waals surface area contributed by atoms with Crippen LogP contribution in [-0.2, 0) is 14.8 Å². The molecule has 3 aromatic carbocycles. The van der Waals surface area contributed by atoms with Gasteiger partial charge in [-0.25, -0.2) is 8.42 Å². The number of amides is 1. The lowest BCUT2D eigenvalue weighted by molar-refractivity contribution is -0.114. The molecule has 0 heterocycles. The summed E-state index contributed by atoms with van der Waals surface area (Å²) in [7, 11) is -3.89. The summed E-state index contributed by atoms with van der Waals surface area (Å²) in [5.74, 6) is -0.416. The topological polar surface area (TPSA) is 66.5 Å². The first-order valence-electron chi connectivity index (χ1n) is 8.46. The highest BCUT2D eigenvalue weighted by Gasteiger charge is 2.27. The molecule has 0 saturated heterocycles. The predicted molar refractivity (Wildman–Crippen MR) is 107 cm³/mol. The number of carbonyl (C=O) groups is 1. The van der Waals surface area contributed by atoms with Crippen LogP contribution in [0.1, 0.15) is 5.56 Å². The maximum atomic E-state index is 13.2. The molecule has 0 fully saturated rings. The molecular weight excluding hydrogens is 360 g/mol. The Morgan fingerprint density at radius 3 is 2.00 bits per heavy atom. The van der Waals surface area contributed by atoms with Gasteiger partial charge in [0, 0.05) is 5.69 Å². The van der Waals surface area contributed by atoms with E-state index in [0.29, 0.717) is 11.4 Å². The lowest BCUT2D eigenvalue weighted by atomic mass is 10.2. The van der Waals surface area contributed by atoms with Crippen LogP contribution in [0.15, 0.2) is 89.8 Å². The van der Waals surface area contributed by atoms with Crippen LogP contribution in [0, 0.1) is 6.92 Å². The number of hydrogen-bond donors (Lipinski definition) is 1. The third kappa shape index (κ3) is 4.54. The molecule has 0 radical (unpaired) electrons. The van der Waals surface area contributed by atoms with E-state index in [1.54, 1.807) is 78.9 Å². The van der Waals surface area contributed by atoms with E-state index in [4.69, 9.17) is 0 Å². The number of anilines is 2. The number of benzene rings is 3. The average Bonchev–Trinajstić information content (AvgIpc) is 2.68. The third-order valence-electron chi connectivity index (χ3n) is 4.00. The maximum absolute atomic E-state index is 13.2. The molecule has 138 valence electrons. The zero-order valence-corrected chi connectivity index (χ0v) is 15.7. The minimum absolute atomic E-state index is 0.143. The summed E-state index contributed by atoms with van der Waals surface area (Å²) in [6, 6.07) is 24.1. The second-order valence-electron chi connectivity index (χ2n) is 6.07. The Morgan fingerprint density at radius 2 is 1.41 bits per heavy atom. The molecule has 0 spiro atoms. The normalized spacial score (nSPS) is 11.0. The molecule has 1 N–H and O–H groups in total. The van der Waals surface area contributed by atoms with Gasteiger partial charge in [-0.3, -0.25) is 9.10 Å². The molecule has 3 aromatic rings. The number of carbonyl (C=O) groups excluding carboxylic acids is 1. The number of nitrogens with one attached hydrogen (secondary N) is 1. The van der Waals surface area contributed by atoms with Crippen molar-refractivity contribution < 1.29 is 13.2 Å². The van der Waals surface area contributed by atoms with Gasteiger partial charge in [0.15, 0.2) is 0 Å². The van der Waals surface area contributed by atoms with Crippen molar-refractivity contribution in [3.63, 3.8) is 0 Å². The van der Waals surface area contributed by atoms with Gasteiger partial charge in [-0.15, -0.1) is 0 Å². The first-order chi connectivity index (χ1) is 13.0. The molecule has 0 aliphatic heterocycles. The van der Waals surface area contributed by atoms with Gasteiger partial charge in [-0.05, 0) is 43.3 Å². The minimum atomic E-state index is -3.89. The number of rotatable bonds is 6. The lowest BCUT2D eigenvalue weighted by Gasteiger charge is -2.24. The number of hydrogen-bond acceptors (Lipinski definition) is 3. The van der Waals surface area contributed by atoms with Crippen molar-refractivity contribution in [1.82, 2.24) is 0 Å². The predicted octanol–water partition coefficient (Wildman–Crippen LogP) is 3.83. The van der Waals surface area contributed by atoms with Gasteiger partial charge >= 0.3 is 0 Å². The van der Waals surface area contributed by atoms with Crippen LogP contribution in [0.3, 0.4) is 0 Å². The second kappa shape index (κ2) is 8.05. The van der Waals surface area contributed by atoms with Crippen LogP contribution >= 0.6 is 0 Å². The van der Waals surface area contributed by atoms with Crippen LogP contribution in [0.5, 0.6) is 0 Å². The molecule has 0 aromatic heterocycles. The van der Waals surface area contributed by atoms with Crippen LogP contribution in [0.25, 0.3) is 0 Å². The van der Waals surface area contributed by atoms with Crippen molar-refractivity contribution in [1.29, 1.82) is 0 Å². The van der Waals surface area contributed by atoms with Crippen molar-refractivity contribution in [3.05, 3.63) is 90.5 Å². The van der Waals surface area contributed by atoms with Crippen molar-refractivity contribution >= 4 is 27.3 Å². The first kappa shape index (κ1) is 18.7. The van der Waals surface area contributed by atoms with Gasteiger partial charge in [0.1, 0.15) is 6.54 Å². The van der Waals surface area contributed by atoms with Crippen LogP contribution < -0.4 is 9.62 Å². The molecule has 0 aliphatic carbocycles. The third-order valence-corrected chi connectivity index (χ3v) is 5.79. The molecule has 0 unspecified atom stereocenters. The Morgan fingerprint density at radius 1 is 0.852 bits per heavy atom. The van der Waals surface area contributed by atoms with Crippen molar-refractivity contribution in [2.75, 3.05) is 16.2 Å². The fourth-order valence-corrected chi connectivity index (χ4v) is 4.02. The highest BCUT2D eigenvalue weighted by atomic mass is 32.2. The summed E-state index contributed by atoms with van der Waals surface area (Å²) in [5, 5.41) is 2.73. The number of sulfonamides is 1. The number of aryl methyl sites for hydroxylation is 1. The maximum Gasteiger partial charge on any atom is 0.264 e. The van der Waals surface area contributed by atoms with Crippen molar-refractivity contribution in [3.8, 4) is 0 Å². The molecule has 0 bridgehead atoms. The fraction of sp³-hybridized carbons (Fsp3) is 0.0952. The summed E-state index contributed by atoms with van der Waals surface area (Å²) in [5.41, 5.74) is 2.01. The van der Waals surface area contributed by atoms with Crippen LogP contribution in [0.2, 0.25) is 0 Å². The quantitative estimate of drug-likeness (QED) is 0.707. The SMILES string of the molecule is Cc1ccc(S(=O)(=O)N(CC(=O)Nc2ccccc2)c2ccccc2)cc1. The molecule has 3 rings (SSSR count). The van der Waals surface area contributed by atoms with Crippen molar-refractivity contribution in [2.45, 2.75) is 11.8 Å². The monoisotopic (exact) mass is 380 g/mol. The molecule has 6 heteroatoms. The molecule has 0 aliphatic rings. The van der Waals surface area contributed by atoms with Gasteiger partial charge < -0.3 is 5.32 Å². The molecular formula is C21H20N2O3S. The van der Waals surface area contributed by atoms with E-state index in [1.165, 1.54) is 0 Å². The van der Waals surface area contributed by atoms with E-state index in [2.05, 4.69) is 5.32 Å². The van der Waals surface area contributed by atoms with E-state index in [9.17, 15) is 13.2 Å². The molecule has 0 saturated carbocycles. The highest BCUT2D eigenvalue weighted by molar-refractivity contribution is 7.92.